The zero-order chi connectivity index (χ0) is 10.6. The van der Waals surface area contributed by atoms with Crippen LogP contribution in [0, 0.1) is 0 Å². The van der Waals surface area contributed by atoms with E-state index in [1.54, 1.807) is 25.1 Å². The largest absolute Gasteiger partial charge is 0.325 e. The summed E-state index contributed by atoms with van der Waals surface area (Å²) in [5.74, 6) is -2.94. The number of rotatable bonds is 3. The van der Waals surface area contributed by atoms with Gasteiger partial charge in [-0.25, -0.2) is 0 Å². The van der Waals surface area contributed by atoms with Crippen molar-refractivity contribution in [3.8, 4) is 0 Å². The lowest BCUT2D eigenvalue weighted by Crippen LogP contribution is -2.14. The molecule has 14 heavy (non-hydrogen) atoms. The van der Waals surface area contributed by atoms with E-state index in [4.69, 9.17) is 5.73 Å². The maximum absolute atomic E-state index is 13.4. The van der Waals surface area contributed by atoms with E-state index in [1.165, 1.54) is 18.2 Å². The molecule has 1 atom stereocenters. The van der Waals surface area contributed by atoms with Crippen molar-refractivity contribution in [2.24, 2.45) is 5.73 Å². The standard InChI is InChI=1S/C11H13F2N/c1-9(14)7-8-11(12,13)10-5-3-2-4-6-10/h2-9H,14H2,1H3/b8-7+. The number of halogens is 2. The Kier molecular flexibility index (Phi) is 3.36. The summed E-state index contributed by atoms with van der Waals surface area (Å²) in [6.07, 6.45) is 2.14. The van der Waals surface area contributed by atoms with Gasteiger partial charge in [-0.1, -0.05) is 36.4 Å². The summed E-state index contributed by atoms with van der Waals surface area (Å²) in [5, 5.41) is 0. The van der Waals surface area contributed by atoms with Gasteiger partial charge in [0.1, 0.15) is 0 Å². The minimum atomic E-state index is -2.94. The molecule has 0 radical (unpaired) electrons. The number of allylic oxidation sites excluding steroid dienone is 1. The van der Waals surface area contributed by atoms with Gasteiger partial charge in [-0.15, -0.1) is 0 Å². The van der Waals surface area contributed by atoms with Crippen molar-refractivity contribution >= 4 is 0 Å². The Morgan fingerprint density at radius 2 is 1.86 bits per heavy atom. The lowest BCUT2D eigenvalue weighted by molar-refractivity contribution is 0.0517. The zero-order valence-electron chi connectivity index (χ0n) is 7.95. The highest BCUT2D eigenvalue weighted by molar-refractivity contribution is 5.24. The number of hydrogen-bond donors (Lipinski definition) is 1. The van der Waals surface area contributed by atoms with Gasteiger partial charge >= 0.3 is 0 Å². The molecule has 0 bridgehead atoms. The highest BCUT2D eigenvalue weighted by Gasteiger charge is 2.27. The summed E-state index contributed by atoms with van der Waals surface area (Å²) in [5.41, 5.74) is 5.34. The van der Waals surface area contributed by atoms with Gasteiger partial charge in [0, 0.05) is 11.6 Å². The molecule has 3 heteroatoms. The van der Waals surface area contributed by atoms with E-state index in [1.807, 2.05) is 0 Å². The fraction of sp³-hybridized carbons (Fsp3) is 0.273. The summed E-state index contributed by atoms with van der Waals surface area (Å²) in [7, 11) is 0. The lowest BCUT2D eigenvalue weighted by atomic mass is 10.1. The van der Waals surface area contributed by atoms with E-state index in [9.17, 15) is 8.78 Å². The van der Waals surface area contributed by atoms with Gasteiger partial charge in [0.25, 0.3) is 5.92 Å². The van der Waals surface area contributed by atoms with Crippen molar-refractivity contribution in [1.82, 2.24) is 0 Å². The number of alkyl halides is 2. The van der Waals surface area contributed by atoms with Gasteiger partial charge in [-0.2, -0.15) is 8.78 Å². The third-order valence-corrected chi connectivity index (χ3v) is 1.77. The van der Waals surface area contributed by atoms with Crippen LogP contribution < -0.4 is 5.73 Å². The van der Waals surface area contributed by atoms with Gasteiger partial charge in [0.05, 0.1) is 0 Å². The molecule has 0 amide bonds. The molecular weight excluding hydrogens is 184 g/mol. The maximum Gasteiger partial charge on any atom is 0.291 e. The molecule has 0 fully saturated rings. The van der Waals surface area contributed by atoms with Crippen molar-refractivity contribution in [3.63, 3.8) is 0 Å². The Morgan fingerprint density at radius 1 is 1.29 bits per heavy atom. The van der Waals surface area contributed by atoms with Gasteiger partial charge in [-0.3, -0.25) is 0 Å². The Labute approximate surface area is 82.2 Å². The SMILES string of the molecule is CC(N)/C=C/C(F)(F)c1ccccc1. The quantitative estimate of drug-likeness (QED) is 0.741. The van der Waals surface area contributed by atoms with Crippen LogP contribution in [0.4, 0.5) is 8.78 Å². The minimum absolute atomic E-state index is 0.0168. The molecule has 0 saturated carbocycles. The van der Waals surface area contributed by atoms with E-state index in [-0.39, 0.29) is 11.6 Å². The highest BCUT2D eigenvalue weighted by Crippen LogP contribution is 2.28. The van der Waals surface area contributed by atoms with Crippen molar-refractivity contribution in [2.75, 3.05) is 0 Å². The smallest absolute Gasteiger partial charge is 0.291 e. The fourth-order valence-corrected chi connectivity index (χ4v) is 1.03. The average Bonchev–Trinajstić information content (AvgIpc) is 2.16. The maximum atomic E-state index is 13.4. The molecule has 1 aromatic rings. The summed E-state index contributed by atoms with van der Waals surface area (Å²) in [4.78, 5) is 0. The Balaban J connectivity index is 2.86. The Bertz CT molecular complexity index is 304. The monoisotopic (exact) mass is 197 g/mol. The van der Waals surface area contributed by atoms with Crippen molar-refractivity contribution in [2.45, 2.75) is 18.9 Å². The van der Waals surface area contributed by atoms with Crippen LogP contribution in [0.5, 0.6) is 0 Å². The van der Waals surface area contributed by atoms with Crippen LogP contribution in [0.2, 0.25) is 0 Å². The van der Waals surface area contributed by atoms with Crippen LogP contribution >= 0.6 is 0 Å². The van der Waals surface area contributed by atoms with E-state index < -0.39 is 5.92 Å². The molecule has 0 aliphatic carbocycles. The normalized spacial score (nSPS) is 14.6. The van der Waals surface area contributed by atoms with Crippen LogP contribution in [0.3, 0.4) is 0 Å². The van der Waals surface area contributed by atoms with E-state index >= 15 is 0 Å². The predicted octanol–water partition coefficient (Wildman–Crippen LogP) is 2.68. The molecule has 1 rings (SSSR count). The first kappa shape index (κ1) is 10.9. The molecular formula is C11H13F2N. The summed E-state index contributed by atoms with van der Waals surface area (Å²) in [6, 6.07) is 7.31. The molecule has 0 aromatic heterocycles. The third kappa shape index (κ3) is 2.92. The molecule has 1 aromatic carbocycles. The molecule has 0 spiro atoms. The molecule has 0 aliphatic rings. The highest BCUT2D eigenvalue weighted by atomic mass is 19.3. The second kappa shape index (κ2) is 4.33. The van der Waals surface area contributed by atoms with Crippen LogP contribution in [0.1, 0.15) is 12.5 Å². The molecule has 0 saturated heterocycles. The van der Waals surface area contributed by atoms with Gasteiger partial charge in [-0.05, 0) is 13.0 Å². The van der Waals surface area contributed by atoms with Gasteiger partial charge < -0.3 is 5.73 Å². The number of nitrogens with two attached hydrogens (primary N) is 1. The summed E-state index contributed by atoms with van der Waals surface area (Å²) < 4.78 is 26.7. The topological polar surface area (TPSA) is 26.0 Å². The number of hydrogen-bond acceptors (Lipinski definition) is 1. The molecule has 76 valence electrons. The van der Waals surface area contributed by atoms with E-state index in [0.29, 0.717) is 0 Å². The number of benzene rings is 1. The van der Waals surface area contributed by atoms with Crippen LogP contribution in [-0.2, 0) is 5.92 Å². The molecule has 2 N–H and O–H groups in total. The van der Waals surface area contributed by atoms with Crippen LogP contribution in [0.25, 0.3) is 0 Å². The van der Waals surface area contributed by atoms with Crippen molar-refractivity contribution < 1.29 is 8.78 Å². The van der Waals surface area contributed by atoms with Gasteiger partial charge in [0.2, 0.25) is 0 Å². The minimum Gasteiger partial charge on any atom is -0.325 e. The zero-order valence-corrected chi connectivity index (χ0v) is 7.95. The van der Waals surface area contributed by atoms with E-state index in [2.05, 4.69) is 0 Å². The second-order valence-corrected chi connectivity index (χ2v) is 3.21. The first-order valence-electron chi connectivity index (χ1n) is 4.40. The van der Waals surface area contributed by atoms with Crippen LogP contribution in [-0.4, -0.2) is 6.04 Å². The second-order valence-electron chi connectivity index (χ2n) is 3.21. The Morgan fingerprint density at radius 3 is 2.36 bits per heavy atom. The molecule has 1 nitrogen and oxygen atoms in total. The summed E-state index contributed by atoms with van der Waals surface area (Å²) >= 11 is 0. The van der Waals surface area contributed by atoms with Crippen molar-refractivity contribution in [1.29, 1.82) is 0 Å². The van der Waals surface area contributed by atoms with Gasteiger partial charge in [0.15, 0.2) is 0 Å². The van der Waals surface area contributed by atoms with Crippen LogP contribution in [0.15, 0.2) is 42.5 Å². The fourth-order valence-electron chi connectivity index (χ4n) is 1.03. The lowest BCUT2D eigenvalue weighted by Gasteiger charge is -2.12. The Hall–Kier alpha value is -1.22. The summed E-state index contributed by atoms with van der Waals surface area (Å²) in [6.45, 7) is 1.65. The molecule has 1 unspecified atom stereocenters. The van der Waals surface area contributed by atoms with E-state index in [0.717, 1.165) is 6.08 Å². The first-order valence-corrected chi connectivity index (χ1v) is 4.40. The molecule has 0 heterocycles. The first-order chi connectivity index (χ1) is 6.52. The average molecular weight is 197 g/mol. The predicted molar refractivity (Wildman–Crippen MR) is 53.1 cm³/mol. The molecule has 0 aliphatic heterocycles. The van der Waals surface area contributed by atoms with Crippen molar-refractivity contribution in [3.05, 3.63) is 48.0 Å². The third-order valence-electron chi connectivity index (χ3n) is 1.77.